The molecule has 0 aliphatic heterocycles. The van der Waals surface area contributed by atoms with Crippen molar-refractivity contribution in [2.24, 2.45) is 0 Å². The number of methoxy groups -OCH3 is 1. The number of aliphatic hydroxyl groups excluding tert-OH is 2. The molecule has 0 aliphatic carbocycles. The summed E-state index contributed by atoms with van der Waals surface area (Å²) in [4.78, 5) is 2.21. The van der Waals surface area contributed by atoms with Gasteiger partial charge >= 0.3 is 0 Å². The fraction of sp³-hybridized carbons (Fsp3) is 0.529. The van der Waals surface area contributed by atoms with Crippen molar-refractivity contribution in [3.8, 4) is 17.6 Å². The van der Waals surface area contributed by atoms with Crippen molar-refractivity contribution in [2.75, 3.05) is 33.4 Å². The topological polar surface area (TPSA) is 52.9 Å². The average molecular weight is 291 g/mol. The predicted octanol–water partition coefficient (Wildman–Crippen LogP) is 1.63. The van der Waals surface area contributed by atoms with Crippen molar-refractivity contribution in [3.63, 3.8) is 0 Å². The zero-order chi connectivity index (χ0) is 15.5. The zero-order valence-corrected chi connectivity index (χ0v) is 12.9. The first-order valence-electron chi connectivity index (χ1n) is 7.35. The molecule has 0 aliphatic rings. The van der Waals surface area contributed by atoms with E-state index in [9.17, 15) is 5.11 Å². The molecule has 0 unspecified atom stereocenters. The quantitative estimate of drug-likeness (QED) is 0.715. The molecule has 1 rings (SSSR count). The fourth-order valence-electron chi connectivity index (χ4n) is 2.16. The minimum absolute atomic E-state index is 0.144. The third-order valence-corrected chi connectivity index (χ3v) is 3.23. The Morgan fingerprint density at radius 2 is 2.05 bits per heavy atom. The van der Waals surface area contributed by atoms with E-state index in [1.165, 1.54) is 0 Å². The molecule has 0 saturated heterocycles. The van der Waals surface area contributed by atoms with Crippen LogP contribution in [0.4, 0.5) is 0 Å². The molecule has 2 N–H and O–H groups in total. The third-order valence-electron chi connectivity index (χ3n) is 3.23. The summed E-state index contributed by atoms with van der Waals surface area (Å²) >= 11 is 0. The second-order valence-electron chi connectivity index (χ2n) is 4.84. The maximum atomic E-state index is 9.19. The number of hydrogen-bond donors (Lipinski definition) is 2. The number of ether oxygens (including phenoxy) is 1. The highest BCUT2D eigenvalue weighted by molar-refractivity contribution is 5.44. The summed E-state index contributed by atoms with van der Waals surface area (Å²) in [6.45, 7) is 4.48. The van der Waals surface area contributed by atoms with Crippen LogP contribution in [-0.2, 0) is 6.54 Å². The summed E-state index contributed by atoms with van der Waals surface area (Å²) < 4.78 is 5.40. The third kappa shape index (κ3) is 6.17. The Morgan fingerprint density at radius 3 is 2.67 bits per heavy atom. The molecule has 0 amide bonds. The summed E-state index contributed by atoms with van der Waals surface area (Å²) in [6, 6.07) is 5.76. The molecule has 0 heterocycles. The molecule has 0 aromatic heterocycles. The highest BCUT2D eigenvalue weighted by Crippen LogP contribution is 2.21. The van der Waals surface area contributed by atoms with E-state index in [1.54, 1.807) is 7.11 Å². The summed E-state index contributed by atoms with van der Waals surface area (Å²) in [7, 11) is 1.65. The van der Waals surface area contributed by atoms with E-state index in [0.717, 1.165) is 42.8 Å². The van der Waals surface area contributed by atoms with E-state index in [1.807, 2.05) is 18.2 Å². The molecule has 1 aromatic rings. The molecular weight excluding hydrogens is 266 g/mol. The van der Waals surface area contributed by atoms with Crippen molar-refractivity contribution in [2.45, 2.75) is 26.3 Å². The van der Waals surface area contributed by atoms with Gasteiger partial charge in [-0.15, -0.1) is 0 Å². The minimum Gasteiger partial charge on any atom is -0.496 e. The second-order valence-corrected chi connectivity index (χ2v) is 4.84. The van der Waals surface area contributed by atoms with Crippen LogP contribution < -0.4 is 4.74 Å². The standard InChI is InChI=1S/C17H25NO3/c1-3-4-9-18(10-12-20)14-16-13-15(6-5-11-19)7-8-17(16)21-2/h7-8,13,19-20H,3-4,9-12,14H2,1-2H3. The largest absolute Gasteiger partial charge is 0.496 e. The molecule has 0 radical (unpaired) electrons. The molecule has 0 atom stereocenters. The van der Waals surface area contributed by atoms with Gasteiger partial charge in [-0.25, -0.2) is 0 Å². The van der Waals surface area contributed by atoms with Crippen LogP contribution in [-0.4, -0.2) is 48.5 Å². The first-order valence-corrected chi connectivity index (χ1v) is 7.35. The molecular formula is C17H25NO3. The van der Waals surface area contributed by atoms with Gasteiger partial charge in [-0.3, -0.25) is 4.90 Å². The molecule has 21 heavy (non-hydrogen) atoms. The highest BCUT2D eigenvalue weighted by atomic mass is 16.5. The van der Waals surface area contributed by atoms with Gasteiger partial charge in [0, 0.05) is 24.2 Å². The van der Waals surface area contributed by atoms with Crippen LogP contribution in [0.25, 0.3) is 0 Å². The smallest absolute Gasteiger partial charge is 0.123 e. The first-order chi connectivity index (χ1) is 10.2. The number of benzene rings is 1. The van der Waals surface area contributed by atoms with E-state index >= 15 is 0 Å². The molecule has 0 bridgehead atoms. The van der Waals surface area contributed by atoms with Gasteiger partial charge in [-0.05, 0) is 31.2 Å². The Labute approximate surface area is 127 Å². The Morgan fingerprint density at radius 1 is 1.24 bits per heavy atom. The first kappa shape index (κ1) is 17.5. The maximum Gasteiger partial charge on any atom is 0.123 e. The van der Waals surface area contributed by atoms with E-state index < -0.39 is 0 Å². The minimum atomic E-state index is -0.144. The lowest BCUT2D eigenvalue weighted by atomic mass is 10.1. The number of unbranched alkanes of at least 4 members (excludes halogenated alkanes) is 1. The van der Waals surface area contributed by atoms with Gasteiger partial charge in [0.2, 0.25) is 0 Å². The zero-order valence-electron chi connectivity index (χ0n) is 12.9. The van der Waals surface area contributed by atoms with Crippen LogP contribution >= 0.6 is 0 Å². The number of rotatable bonds is 8. The van der Waals surface area contributed by atoms with Crippen LogP contribution in [0.3, 0.4) is 0 Å². The maximum absolute atomic E-state index is 9.19. The van der Waals surface area contributed by atoms with Crippen LogP contribution in [0.5, 0.6) is 5.75 Å². The van der Waals surface area contributed by atoms with Crippen LogP contribution in [0.15, 0.2) is 18.2 Å². The normalized spacial score (nSPS) is 10.3. The van der Waals surface area contributed by atoms with Gasteiger partial charge in [0.25, 0.3) is 0 Å². The van der Waals surface area contributed by atoms with Crippen molar-refractivity contribution >= 4 is 0 Å². The van der Waals surface area contributed by atoms with Gasteiger partial charge in [-0.2, -0.15) is 0 Å². The highest BCUT2D eigenvalue weighted by Gasteiger charge is 2.10. The Kier molecular flexibility index (Phi) is 8.53. The molecule has 4 nitrogen and oxygen atoms in total. The number of hydrogen-bond acceptors (Lipinski definition) is 4. The van der Waals surface area contributed by atoms with Crippen molar-refractivity contribution in [3.05, 3.63) is 29.3 Å². The lowest BCUT2D eigenvalue weighted by molar-refractivity contribution is 0.187. The number of aliphatic hydroxyl groups is 2. The Bertz CT molecular complexity index is 477. The number of nitrogens with zero attached hydrogens (tertiary/aromatic N) is 1. The summed E-state index contributed by atoms with van der Waals surface area (Å²) in [5.41, 5.74) is 1.91. The van der Waals surface area contributed by atoms with Gasteiger partial charge in [0.1, 0.15) is 12.4 Å². The van der Waals surface area contributed by atoms with Crippen molar-refractivity contribution < 1.29 is 14.9 Å². The van der Waals surface area contributed by atoms with Crippen LogP contribution in [0.1, 0.15) is 30.9 Å². The van der Waals surface area contributed by atoms with Crippen molar-refractivity contribution in [1.29, 1.82) is 0 Å². The molecule has 4 heteroatoms. The molecule has 116 valence electrons. The Balaban J connectivity index is 2.90. The molecule has 0 saturated carbocycles. The van der Waals surface area contributed by atoms with Crippen LogP contribution in [0, 0.1) is 11.8 Å². The SMILES string of the molecule is CCCCN(CCO)Cc1cc(C#CCO)ccc1OC. The van der Waals surface area contributed by atoms with Crippen LogP contribution in [0.2, 0.25) is 0 Å². The Hall–Kier alpha value is -1.54. The lowest BCUT2D eigenvalue weighted by Crippen LogP contribution is -2.27. The lowest BCUT2D eigenvalue weighted by Gasteiger charge is -2.22. The van der Waals surface area contributed by atoms with Gasteiger partial charge in [0.05, 0.1) is 13.7 Å². The average Bonchev–Trinajstić information content (AvgIpc) is 2.51. The fourth-order valence-corrected chi connectivity index (χ4v) is 2.16. The van der Waals surface area contributed by atoms with Gasteiger partial charge in [-0.1, -0.05) is 25.2 Å². The summed E-state index contributed by atoms with van der Waals surface area (Å²) in [5, 5.41) is 18.0. The van der Waals surface area contributed by atoms with E-state index in [2.05, 4.69) is 23.7 Å². The predicted molar refractivity (Wildman–Crippen MR) is 84.2 cm³/mol. The van der Waals surface area contributed by atoms with E-state index in [0.29, 0.717) is 6.54 Å². The van der Waals surface area contributed by atoms with Gasteiger partial charge < -0.3 is 14.9 Å². The van der Waals surface area contributed by atoms with Crippen molar-refractivity contribution in [1.82, 2.24) is 4.90 Å². The monoisotopic (exact) mass is 291 g/mol. The summed E-state index contributed by atoms with van der Waals surface area (Å²) in [5.74, 6) is 6.39. The van der Waals surface area contributed by atoms with E-state index in [4.69, 9.17) is 9.84 Å². The molecule has 0 spiro atoms. The summed E-state index contributed by atoms with van der Waals surface area (Å²) in [6.07, 6.45) is 2.23. The van der Waals surface area contributed by atoms with Gasteiger partial charge in [0.15, 0.2) is 0 Å². The van der Waals surface area contributed by atoms with E-state index in [-0.39, 0.29) is 13.2 Å². The molecule has 0 fully saturated rings. The molecule has 1 aromatic carbocycles. The second kappa shape index (κ2) is 10.2.